The molecule has 0 saturated heterocycles. The summed E-state index contributed by atoms with van der Waals surface area (Å²) < 4.78 is 40.5. The average molecular weight is 857 g/mol. The van der Waals surface area contributed by atoms with Crippen molar-refractivity contribution < 1.29 is 51.7 Å². The number of aliphatic hydroxyl groups is 1. The van der Waals surface area contributed by atoms with Crippen molar-refractivity contribution in [1.29, 1.82) is 0 Å². The van der Waals surface area contributed by atoms with Crippen LogP contribution in [0.15, 0.2) is 66.1 Å². The molecule has 1 aliphatic rings. The van der Waals surface area contributed by atoms with Gasteiger partial charge in [0.15, 0.2) is 9.84 Å². The summed E-state index contributed by atoms with van der Waals surface area (Å²) in [5, 5.41) is 22.9. The van der Waals surface area contributed by atoms with Gasteiger partial charge in [-0.1, -0.05) is 74.5 Å². The van der Waals surface area contributed by atoms with Gasteiger partial charge in [0.1, 0.15) is 23.3 Å². The lowest BCUT2D eigenvalue weighted by atomic mass is 9.94. The number of hydrogen-bond donors (Lipinski definition) is 5. The number of aliphatic hydroxyl groups excluding tert-OH is 1. The van der Waals surface area contributed by atoms with Gasteiger partial charge in [-0.15, -0.1) is 0 Å². The normalized spacial score (nSPS) is 16.0. The van der Waals surface area contributed by atoms with Gasteiger partial charge in [-0.2, -0.15) is 0 Å². The van der Waals surface area contributed by atoms with Gasteiger partial charge in [0.05, 0.1) is 25.1 Å². The zero-order chi connectivity index (χ0) is 44.8. The molecule has 1 aliphatic carbocycles. The Hall–Kier alpha value is -4.64. The molecule has 0 aliphatic heterocycles. The number of nitrogens with one attached hydrogen (secondary N) is 4. The van der Waals surface area contributed by atoms with Crippen molar-refractivity contribution in [2.45, 2.75) is 142 Å². The molecule has 3 rings (SSSR count). The first kappa shape index (κ1) is 49.7. The maximum absolute atomic E-state index is 14.5. The molecule has 2 aromatic carbocycles. The van der Waals surface area contributed by atoms with Gasteiger partial charge in [0.2, 0.25) is 24.1 Å². The molecule has 0 spiro atoms. The fraction of sp³-hybridized carbons (Fsp3) is 0.568. The highest BCUT2D eigenvalue weighted by molar-refractivity contribution is 7.93. The molecule has 5 unspecified atom stereocenters. The highest BCUT2D eigenvalue weighted by atomic mass is 32.2. The molecule has 5 N–H and O–H groups in total. The molecule has 0 heterocycles. The van der Waals surface area contributed by atoms with Crippen LogP contribution in [0.5, 0.6) is 0 Å². The highest BCUT2D eigenvalue weighted by Gasteiger charge is 2.38. The van der Waals surface area contributed by atoms with E-state index in [4.69, 9.17) is 14.2 Å². The van der Waals surface area contributed by atoms with Crippen molar-refractivity contribution in [3.8, 4) is 0 Å². The predicted molar refractivity (Wildman–Crippen MR) is 226 cm³/mol. The second-order valence-electron chi connectivity index (χ2n) is 17.7. The first-order valence-corrected chi connectivity index (χ1v) is 22.2. The highest BCUT2D eigenvalue weighted by Crippen LogP contribution is 2.29. The van der Waals surface area contributed by atoms with Crippen LogP contribution in [-0.4, -0.2) is 91.2 Å². The molecule has 0 radical (unpaired) electrons. The van der Waals surface area contributed by atoms with Crippen LogP contribution in [0.3, 0.4) is 0 Å². The third-order valence-electron chi connectivity index (χ3n) is 9.13. The summed E-state index contributed by atoms with van der Waals surface area (Å²) in [6, 6.07) is 12.1. The van der Waals surface area contributed by atoms with Gasteiger partial charge >= 0.3 is 11.9 Å². The number of esters is 2. The lowest BCUT2D eigenvalue weighted by Crippen LogP contribution is -2.60. The third kappa shape index (κ3) is 18.7. The van der Waals surface area contributed by atoms with Gasteiger partial charge < -0.3 is 35.3 Å². The number of hydrogen-bond acceptors (Lipinski definition) is 12. The zero-order valence-corrected chi connectivity index (χ0v) is 37.1. The largest absolute Gasteiger partial charge is 0.460 e. The van der Waals surface area contributed by atoms with Gasteiger partial charge in [0, 0.05) is 18.1 Å². The summed E-state index contributed by atoms with van der Waals surface area (Å²) in [7, 11) is -3.64. The van der Waals surface area contributed by atoms with E-state index in [0.29, 0.717) is 12.8 Å². The average Bonchev–Trinajstić information content (AvgIpc) is 3.55. The van der Waals surface area contributed by atoms with Crippen molar-refractivity contribution in [1.82, 2.24) is 21.3 Å². The number of rotatable bonds is 21. The van der Waals surface area contributed by atoms with Gasteiger partial charge in [-0.25, -0.2) is 8.42 Å². The molecule has 0 fully saturated rings. The van der Waals surface area contributed by atoms with Gasteiger partial charge in [-0.3, -0.25) is 29.3 Å². The van der Waals surface area contributed by atoms with Gasteiger partial charge in [-0.05, 0) is 95.8 Å². The molecule has 2 aromatic rings. The van der Waals surface area contributed by atoms with Crippen LogP contribution >= 0.6 is 0 Å². The number of benzene rings is 2. The Morgan fingerprint density at radius 1 is 0.783 bits per heavy atom. The van der Waals surface area contributed by atoms with E-state index in [-0.39, 0.29) is 38.2 Å². The Morgan fingerprint density at radius 2 is 1.33 bits per heavy atom. The zero-order valence-electron chi connectivity index (χ0n) is 36.3. The van der Waals surface area contributed by atoms with E-state index in [9.17, 15) is 37.5 Å². The first-order chi connectivity index (χ1) is 27.9. The van der Waals surface area contributed by atoms with Crippen LogP contribution in [0.1, 0.15) is 97.8 Å². The topological polar surface area (TPSA) is 216 Å². The van der Waals surface area contributed by atoms with E-state index in [0.717, 1.165) is 28.4 Å². The molecule has 16 heteroatoms. The smallest absolute Gasteiger partial charge is 0.308 e. The van der Waals surface area contributed by atoms with Crippen molar-refractivity contribution in [3.63, 3.8) is 0 Å². The van der Waals surface area contributed by atoms with Crippen LogP contribution in [0.2, 0.25) is 0 Å². The number of fused-ring (bicyclic) bond motifs is 1. The van der Waals surface area contributed by atoms with E-state index in [1.807, 2.05) is 68.4 Å². The molecule has 0 saturated carbocycles. The van der Waals surface area contributed by atoms with Crippen LogP contribution in [0.4, 0.5) is 0 Å². The molecular weight excluding hydrogens is 793 g/mol. The van der Waals surface area contributed by atoms with Crippen molar-refractivity contribution in [2.24, 2.45) is 11.8 Å². The molecule has 60 heavy (non-hydrogen) atoms. The maximum atomic E-state index is 14.5. The molecule has 5 atom stereocenters. The fourth-order valence-corrected chi connectivity index (χ4v) is 7.08. The van der Waals surface area contributed by atoms with Crippen molar-refractivity contribution in [2.75, 3.05) is 6.26 Å². The second kappa shape index (κ2) is 22.3. The number of amides is 3. The van der Waals surface area contributed by atoms with Crippen LogP contribution < -0.4 is 21.3 Å². The molecule has 15 nitrogen and oxygen atoms in total. The minimum Gasteiger partial charge on any atom is -0.460 e. The minimum absolute atomic E-state index is 0.0166. The summed E-state index contributed by atoms with van der Waals surface area (Å²) in [6.07, 6.45) is 0.852. The van der Waals surface area contributed by atoms with E-state index in [2.05, 4.69) is 21.3 Å². The minimum atomic E-state index is -3.64. The summed E-state index contributed by atoms with van der Waals surface area (Å²) in [6.45, 7) is 13.9. The number of sulfone groups is 1. The van der Waals surface area contributed by atoms with E-state index in [1.165, 1.54) is 6.08 Å². The maximum Gasteiger partial charge on any atom is 0.308 e. The van der Waals surface area contributed by atoms with E-state index in [1.54, 1.807) is 41.5 Å². The predicted octanol–water partition coefficient (Wildman–Crippen LogP) is 3.76. The second-order valence-corrected chi connectivity index (χ2v) is 19.6. The Labute approximate surface area is 354 Å². The Morgan fingerprint density at radius 3 is 1.88 bits per heavy atom. The Bertz CT molecular complexity index is 1880. The summed E-state index contributed by atoms with van der Waals surface area (Å²) in [5.41, 5.74) is 1.15. The molecular formula is C44H64N4O11S. The summed E-state index contributed by atoms with van der Waals surface area (Å²) in [5.74, 6) is -3.85. The fourth-order valence-electron chi connectivity index (χ4n) is 6.61. The van der Waals surface area contributed by atoms with Crippen LogP contribution in [-0.2, 0) is 67.5 Å². The Kier molecular flexibility index (Phi) is 18.5. The van der Waals surface area contributed by atoms with Crippen molar-refractivity contribution in [3.05, 3.63) is 82.8 Å². The lowest BCUT2D eigenvalue weighted by molar-refractivity contribution is -0.157. The SMILES string of the molecule is CC(C)CC(NC(=O)C(NC(=O)C(CCC(=O)OC(C)(C)C)NC(O)OCc1ccccc1)C1Cc2ccccc2C1)C(=O)NC(C=CS(C)(=O)=O)CC(=O)OC(C)(C)C. The van der Waals surface area contributed by atoms with E-state index < -0.39 is 87.2 Å². The van der Waals surface area contributed by atoms with Crippen LogP contribution in [0.25, 0.3) is 0 Å². The molecule has 332 valence electrons. The quantitative estimate of drug-likeness (QED) is 0.0897. The summed E-state index contributed by atoms with van der Waals surface area (Å²) >= 11 is 0. The van der Waals surface area contributed by atoms with Gasteiger partial charge in [0.25, 0.3) is 0 Å². The first-order valence-electron chi connectivity index (χ1n) is 20.3. The van der Waals surface area contributed by atoms with Crippen LogP contribution in [0, 0.1) is 11.8 Å². The number of ether oxygens (including phenoxy) is 3. The summed E-state index contributed by atoms with van der Waals surface area (Å²) in [4.78, 5) is 68.2. The standard InChI is InChI=1S/C44H64N4O11S/c1-28(2)23-35(40(52)45-33(21-22-60(9,55)56)26-37(50)59-44(6,7)8)46-41(53)38(32-24-30-17-13-14-18-31(30)25-32)48-39(51)34(19-20-36(49)58-43(3,4)5)47-42(54)57-27-29-15-11-10-12-16-29/h10-18,21-22,28,32-35,38,42,47,54H,19-20,23-27H2,1-9H3,(H,45,52)(H,46,53)(H,48,51). The molecule has 0 bridgehead atoms. The molecule has 0 aromatic heterocycles. The monoisotopic (exact) mass is 856 g/mol. The number of carbonyl (C=O) groups excluding carboxylic acids is 5. The van der Waals surface area contributed by atoms with E-state index >= 15 is 0 Å². The lowest BCUT2D eigenvalue weighted by Gasteiger charge is -2.30. The molecule has 3 amide bonds. The third-order valence-corrected chi connectivity index (χ3v) is 9.79. The number of carbonyl (C=O) groups is 5. The van der Waals surface area contributed by atoms with Crippen molar-refractivity contribution >= 4 is 39.5 Å². The Balaban J connectivity index is 1.91.